The predicted octanol–water partition coefficient (Wildman–Crippen LogP) is -0.218. The molecule has 2 atom stereocenters. The number of ether oxygens (including phenoxy) is 1. The monoisotopic (exact) mass is 162 g/mol. The van der Waals surface area contributed by atoms with Crippen LogP contribution in [-0.2, 0) is 4.74 Å². The number of carbonyl (C=O) groups excluding carboxylic acids is 1. The number of alkyl halides is 1. The van der Waals surface area contributed by atoms with E-state index in [0.717, 1.165) is 0 Å². The predicted molar refractivity (Wildman–Crippen MR) is 36.8 cm³/mol. The van der Waals surface area contributed by atoms with Crippen molar-refractivity contribution in [1.29, 1.82) is 0 Å². The molecule has 0 spiro atoms. The van der Waals surface area contributed by atoms with Gasteiger partial charge in [-0.05, 0) is 13.0 Å². The molecule has 0 aromatic carbocycles. The number of hydrogen-bond acceptors (Lipinski definition) is 3. The first-order chi connectivity index (χ1) is 5.20. The van der Waals surface area contributed by atoms with Crippen LogP contribution in [0.25, 0.3) is 0 Å². The number of piperidine rings is 1. The highest BCUT2D eigenvalue weighted by Gasteiger charge is 2.26. The molecule has 5 heteroatoms. The molecule has 1 aliphatic rings. The summed E-state index contributed by atoms with van der Waals surface area (Å²) >= 11 is 0. The second-order valence-corrected chi connectivity index (χ2v) is 2.48. The van der Waals surface area contributed by atoms with Gasteiger partial charge in [0.15, 0.2) is 0 Å². The molecule has 1 aliphatic heterocycles. The number of primary amides is 1. The summed E-state index contributed by atoms with van der Waals surface area (Å²) in [6.07, 6.45) is -2.20. The van der Waals surface area contributed by atoms with Crippen LogP contribution in [0.15, 0.2) is 0 Å². The van der Waals surface area contributed by atoms with Crippen LogP contribution in [0.1, 0.15) is 6.42 Å². The van der Waals surface area contributed by atoms with E-state index in [1.54, 1.807) is 0 Å². The van der Waals surface area contributed by atoms with E-state index in [4.69, 9.17) is 5.73 Å². The minimum absolute atomic E-state index is 0.234. The van der Waals surface area contributed by atoms with Gasteiger partial charge in [0.25, 0.3) is 0 Å². The smallest absolute Gasteiger partial charge is 0.404 e. The lowest BCUT2D eigenvalue weighted by Gasteiger charge is -2.25. The van der Waals surface area contributed by atoms with Gasteiger partial charge in [0.2, 0.25) is 0 Å². The van der Waals surface area contributed by atoms with Crippen LogP contribution in [0, 0.1) is 0 Å². The Morgan fingerprint density at radius 2 is 2.45 bits per heavy atom. The van der Waals surface area contributed by atoms with E-state index in [9.17, 15) is 9.18 Å². The molecule has 0 aromatic rings. The summed E-state index contributed by atoms with van der Waals surface area (Å²) in [7, 11) is 0. The molecule has 0 saturated carbocycles. The van der Waals surface area contributed by atoms with Crippen molar-refractivity contribution >= 4 is 6.09 Å². The van der Waals surface area contributed by atoms with Crippen molar-refractivity contribution < 1.29 is 13.9 Å². The van der Waals surface area contributed by atoms with E-state index in [0.29, 0.717) is 13.0 Å². The van der Waals surface area contributed by atoms with E-state index in [1.165, 1.54) is 0 Å². The first kappa shape index (κ1) is 8.26. The van der Waals surface area contributed by atoms with Crippen LogP contribution in [0.3, 0.4) is 0 Å². The van der Waals surface area contributed by atoms with Crippen molar-refractivity contribution in [3.05, 3.63) is 0 Å². The fraction of sp³-hybridized carbons (Fsp3) is 0.833. The summed E-state index contributed by atoms with van der Waals surface area (Å²) in [6, 6.07) is 0. The standard InChI is InChI=1S/C6H11FN2O2/c7-4-3-9-2-1-5(4)11-6(8)10/h4-5,9H,1-3H2,(H2,8,10)/t4-,5+/m1/s1. The zero-order chi connectivity index (χ0) is 8.27. The molecule has 0 unspecified atom stereocenters. The Hall–Kier alpha value is -0.840. The average Bonchev–Trinajstić information content (AvgIpc) is 1.93. The first-order valence-corrected chi connectivity index (χ1v) is 3.51. The van der Waals surface area contributed by atoms with Gasteiger partial charge >= 0.3 is 6.09 Å². The molecule has 0 aliphatic carbocycles. The van der Waals surface area contributed by atoms with Crippen LogP contribution >= 0.6 is 0 Å². The number of rotatable bonds is 1. The Morgan fingerprint density at radius 1 is 1.73 bits per heavy atom. The molecule has 0 bridgehead atoms. The van der Waals surface area contributed by atoms with Crippen molar-refractivity contribution in [2.45, 2.75) is 18.7 Å². The minimum atomic E-state index is -1.13. The summed E-state index contributed by atoms with van der Waals surface area (Å²) in [5.74, 6) is 0. The summed E-state index contributed by atoms with van der Waals surface area (Å²) < 4.78 is 17.3. The topological polar surface area (TPSA) is 64.4 Å². The number of carbonyl (C=O) groups is 1. The second kappa shape index (κ2) is 3.52. The lowest BCUT2D eigenvalue weighted by Crippen LogP contribution is -2.44. The molecule has 11 heavy (non-hydrogen) atoms. The molecule has 1 saturated heterocycles. The Morgan fingerprint density at radius 3 is 3.00 bits per heavy atom. The van der Waals surface area contributed by atoms with Crippen LogP contribution in [0.4, 0.5) is 9.18 Å². The molecule has 64 valence electrons. The summed E-state index contributed by atoms with van der Waals surface area (Å²) in [5.41, 5.74) is 4.74. The zero-order valence-corrected chi connectivity index (χ0v) is 6.05. The molecule has 1 fully saturated rings. The lowest BCUT2D eigenvalue weighted by molar-refractivity contribution is 0.0318. The molecule has 0 radical (unpaired) electrons. The summed E-state index contributed by atoms with van der Waals surface area (Å²) in [5, 5.41) is 2.83. The summed E-state index contributed by atoms with van der Waals surface area (Å²) in [4.78, 5) is 10.2. The Labute approximate surface area is 63.9 Å². The van der Waals surface area contributed by atoms with Gasteiger partial charge in [0, 0.05) is 6.54 Å². The van der Waals surface area contributed by atoms with E-state index < -0.39 is 18.4 Å². The van der Waals surface area contributed by atoms with Crippen LogP contribution in [-0.4, -0.2) is 31.5 Å². The average molecular weight is 162 g/mol. The highest BCUT2D eigenvalue weighted by Crippen LogP contribution is 2.10. The molecule has 4 nitrogen and oxygen atoms in total. The number of nitrogens with one attached hydrogen (secondary N) is 1. The van der Waals surface area contributed by atoms with Gasteiger partial charge < -0.3 is 15.8 Å². The lowest BCUT2D eigenvalue weighted by atomic mass is 10.1. The van der Waals surface area contributed by atoms with Crippen molar-refractivity contribution in [2.75, 3.05) is 13.1 Å². The zero-order valence-electron chi connectivity index (χ0n) is 6.05. The van der Waals surface area contributed by atoms with E-state index in [2.05, 4.69) is 10.1 Å². The van der Waals surface area contributed by atoms with Gasteiger partial charge in [-0.2, -0.15) is 0 Å². The van der Waals surface area contributed by atoms with E-state index in [-0.39, 0.29) is 6.54 Å². The van der Waals surface area contributed by atoms with Crippen LogP contribution in [0.2, 0.25) is 0 Å². The maximum absolute atomic E-state index is 12.8. The molecular formula is C6H11FN2O2. The normalized spacial score (nSPS) is 31.4. The van der Waals surface area contributed by atoms with Gasteiger partial charge in [0.1, 0.15) is 12.3 Å². The quantitative estimate of drug-likeness (QED) is 0.560. The third-order valence-electron chi connectivity index (χ3n) is 1.62. The Kier molecular flexibility index (Phi) is 2.64. The minimum Gasteiger partial charge on any atom is -0.443 e. The Bertz CT molecular complexity index is 154. The Balaban J connectivity index is 2.35. The van der Waals surface area contributed by atoms with Gasteiger partial charge in [-0.25, -0.2) is 9.18 Å². The first-order valence-electron chi connectivity index (χ1n) is 3.51. The molecular weight excluding hydrogens is 151 g/mol. The van der Waals surface area contributed by atoms with E-state index >= 15 is 0 Å². The number of hydrogen-bond donors (Lipinski definition) is 2. The van der Waals surface area contributed by atoms with Crippen molar-refractivity contribution in [2.24, 2.45) is 5.73 Å². The molecule has 1 heterocycles. The van der Waals surface area contributed by atoms with Gasteiger partial charge in [0.05, 0.1) is 0 Å². The highest BCUT2D eigenvalue weighted by atomic mass is 19.1. The van der Waals surface area contributed by atoms with Gasteiger partial charge in [-0.3, -0.25) is 0 Å². The van der Waals surface area contributed by atoms with Gasteiger partial charge in [-0.15, -0.1) is 0 Å². The third-order valence-corrected chi connectivity index (χ3v) is 1.62. The third kappa shape index (κ3) is 2.34. The van der Waals surface area contributed by atoms with Crippen molar-refractivity contribution in [3.8, 4) is 0 Å². The molecule has 1 rings (SSSR count). The fourth-order valence-corrected chi connectivity index (χ4v) is 1.08. The number of amides is 1. The van der Waals surface area contributed by atoms with Crippen LogP contribution in [0.5, 0.6) is 0 Å². The highest BCUT2D eigenvalue weighted by molar-refractivity contribution is 5.64. The molecule has 1 amide bonds. The maximum atomic E-state index is 12.8. The second-order valence-electron chi connectivity index (χ2n) is 2.48. The van der Waals surface area contributed by atoms with Crippen LogP contribution < -0.4 is 11.1 Å². The number of halogens is 1. The maximum Gasteiger partial charge on any atom is 0.404 e. The fourth-order valence-electron chi connectivity index (χ4n) is 1.08. The van der Waals surface area contributed by atoms with Gasteiger partial charge in [-0.1, -0.05) is 0 Å². The molecule has 0 aromatic heterocycles. The number of nitrogens with two attached hydrogens (primary N) is 1. The largest absolute Gasteiger partial charge is 0.443 e. The van der Waals surface area contributed by atoms with Crippen molar-refractivity contribution in [3.63, 3.8) is 0 Å². The molecule has 3 N–H and O–H groups in total. The van der Waals surface area contributed by atoms with Crippen molar-refractivity contribution in [1.82, 2.24) is 5.32 Å². The SMILES string of the molecule is NC(=O)O[C@H]1CCNC[C@H]1F. The summed E-state index contributed by atoms with van der Waals surface area (Å²) in [6.45, 7) is 0.899. The van der Waals surface area contributed by atoms with E-state index in [1.807, 2.05) is 0 Å².